The van der Waals surface area contributed by atoms with Gasteiger partial charge in [-0.25, -0.2) is 14.5 Å². The summed E-state index contributed by atoms with van der Waals surface area (Å²) in [5, 5.41) is 0. The van der Waals surface area contributed by atoms with E-state index in [1.165, 1.54) is 12.4 Å². The molecular weight excluding hydrogens is 392 g/mol. The van der Waals surface area contributed by atoms with Gasteiger partial charge in [0.15, 0.2) is 5.69 Å². The number of ether oxygens (including phenoxy) is 1. The average molecular weight is 412 g/mol. The zero-order valence-corrected chi connectivity index (χ0v) is 17.1. The molecule has 0 unspecified atom stereocenters. The highest BCUT2D eigenvalue weighted by atomic mass is 16.5. The topological polar surface area (TPSA) is 78.5 Å². The Bertz CT molecular complexity index is 1310. The van der Waals surface area contributed by atoms with Gasteiger partial charge in [-0.15, -0.1) is 0 Å². The molecule has 0 aliphatic heterocycles. The van der Waals surface area contributed by atoms with Crippen LogP contribution >= 0.6 is 0 Å². The van der Waals surface area contributed by atoms with Crippen molar-refractivity contribution in [2.75, 3.05) is 0 Å². The van der Waals surface area contributed by atoms with Gasteiger partial charge in [-0.2, -0.15) is 0 Å². The number of rotatable bonds is 5. The molecule has 7 nitrogen and oxygen atoms in total. The van der Waals surface area contributed by atoms with Crippen molar-refractivity contribution in [1.82, 2.24) is 14.3 Å². The van der Waals surface area contributed by atoms with Gasteiger partial charge in [-0.05, 0) is 43.3 Å². The molecule has 0 aliphatic carbocycles. The quantitative estimate of drug-likeness (QED) is 0.283. The SMILES string of the molecule is Cc1c(N=Cc2ccccc2OC(=O)c2cccnc2)c(=O)n(-c2ccccc2)n1C. The number of hydrogen-bond donors (Lipinski definition) is 0. The first-order valence-corrected chi connectivity index (χ1v) is 9.65. The Kier molecular flexibility index (Phi) is 5.57. The van der Waals surface area contributed by atoms with Gasteiger partial charge < -0.3 is 4.74 Å². The molecule has 0 atom stereocenters. The van der Waals surface area contributed by atoms with E-state index in [1.54, 1.807) is 45.9 Å². The lowest BCUT2D eigenvalue weighted by Crippen LogP contribution is -2.19. The number of esters is 1. The summed E-state index contributed by atoms with van der Waals surface area (Å²) in [6.45, 7) is 1.84. The molecule has 7 heteroatoms. The number of benzene rings is 2. The van der Waals surface area contributed by atoms with Crippen LogP contribution in [0.3, 0.4) is 0 Å². The second-order valence-corrected chi connectivity index (χ2v) is 6.84. The number of aliphatic imine (C=N–C) groups is 1. The van der Waals surface area contributed by atoms with E-state index in [1.807, 2.05) is 50.4 Å². The van der Waals surface area contributed by atoms with Gasteiger partial charge in [0.25, 0.3) is 5.56 Å². The molecule has 2 aromatic carbocycles. The third-order valence-electron chi connectivity index (χ3n) is 4.88. The predicted molar refractivity (Wildman–Crippen MR) is 119 cm³/mol. The van der Waals surface area contributed by atoms with E-state index in [4.69, 9.17) is 4.74 Å². The van der Waals surface area contributed by atoms with Crippen molar-refractivity contribution in [2.45, 2.75) is 6.92 Å². The number of nitrogens with zero attached hydrogens (tertiary/aromatic N) is 4. The van der Waals surface area contributed by atoms with E-state index in [9.17, 15) is 9.59 Å². The molecule has 4 aromatic rings. The normalized spacial score (nSPS) is 11.0. The Morgan fingerprint density at radius 1 is 1.03 bits per heavy atom. The zero-order valence-electron chi connectivity index (χ0n) is 17.1. The van der Waals surface area contributed by atoms with Gasteiger partial charge >= 0.3 is 5.97 Å². The van der Waals surface area contributed by atoms with Gasteiger partial charge in [0, 0.05) is 31.2 Å². The Balaban J connectivity index is 1.66. The molecule has 31 heavy (non-hydrogen) atoms. The van der Waals surface area contributed by atoms with Crippen LogP contribution in [0.1, 0.15) is 21.6 Å². The largest absolute Gasteiger partial charge is 0.422 e. The van der Waals surface area contributed by atoms with E-state index in [0.717, 1.165) is 11.4 Å². The van der Waals surface area contributed by atoms with Crippen LogP contribution in [0.2, 0.25) is 0 Å². The van der Waals surface area contributed by atoms with Crippen LogP contribution < -0.4 is 10.3 Å². The minimum Gasteiger partial charge on any atom is -0.422 e. The third kappa shape index (κ3) is 4.06. The van der Waals surface area contributed by atoms with Crippen LogP contribution in [0.4, 0.5) is 5.69 Å². The standard InChI is InChI=1S/C24H20N4O3/c1-17-22(23(29)28(27(17)2)20-11-4-3-5-12-20)26-16-18-9-6-7-13-21(18)31-24(30)19-10-8-14-25-15-19/h3-16H,1-2H3. The molecule has 0 spiro atoms. The maximum Gasteiger partial charge on any atom is 0.345 e. The van der Waals surface area contributed by atoms with E-state index in [-0.39, 0.29) is 5.56 Å². The smallest absolute Gasteiger partial charge is 0.345 e. The molecule has 4 rings (SSSR count). The lowest BCUT2D eigenvalue weighted by atomic mass is 10.2. The highest BCUT2D eigenvalue weighted by molar-refractivity contribution is 5.93. The molecular formula is C24H20N4O3. The molecule has 0 bridgehead atoms. The number of aromatic nitrogens is 3. The van der Waals surface area contributed by atoms with E-state index >= 15 is 0 Å². The first-order chi connectivity index (χ1) is 15.1. The average Bonchev–Trinajstić information content (AvgIpc) is 3.02. The third-order valence-corrected chi connectivity index (χ3v) is 4.88. The van der Waals surface area contributed by atoms with Crippen molar-refractivity contribution < 1.29 is 9.53 Å². The summed E-state index contributed by atoms with van der Waals surface area (Å²) < 4.78 is 8.85. The highest BCUT2D eigenvalue weighted by Crippen LogP contribution is 2.20. The van der Waals surface area contributed by atoms with E-state index in [2.05, 4.69) is 9.98 Å². The molecule has 0 saturated heterocycles. The molecule has 0 saturated carbocycles. The first-order valence-electron chi connectivity index (χ1n) is 9.65. The van der Waals surface area contributed by atoms with Crippen LogP contribution in [-0.4, -0.2) is 26.5 Å². The fourth-order valence-electron chi connectivity index (χ4n) is 3.16. The summed E-state index contributed by atoms with van der Waals surface area (Å²) in [6.07, 6.45) is 4.56. The fraction of sp³-hybridized carbons (Fsp3) is 0.0833. The van der Waals surface area contributed by atoms with Crippen molar-refractivity contribution in [1.29, 1.82) is 0 Å². The Hall–Kier alpha value is -4.26. The molecule has 2 aromatic heterocycles. The number of carbonyl (C=O) groups is 1. The second kappa shape index (κ2) is 8.62. The van der Waals surface area contributed by atoms with Crippen LogP contribution in [0, 0.1) is 6.92 Å². The molecule has 0 aliphatic rings. The Morgan fingerprint density at radius 3 is 2.52 bits per heavy atom. The summed E-state index contributed by atoms with van der Waals surface area (Å²) >= 11 is 0. The molecule has 0 N–H and O–H groups in total. The molecule has 2 heterocycles. The summed E-state index contributed by atoms with van der Waals surface area (Å²) in [7, 11) is 1.81. The summed E-state index contributed by atoms with van der Waals surface area (Å²) in [4.78, 5) is 33.8. The number of hydrogen-bond acceptors (Lipinski definition) is 5. The Morgan fingerprint density at radius 2 is 1.77 bits per heavy atom. The summed E-state index contributed by atoms with van der Waals surface area (Å²) in [6, 6.07) is 19.7. The minimum absolute atomic E-state index is 0.229. The fourth-order valence-corrected chi connectivity index (χ4v) is 3.16. The molecule has 0 amide bonds. The number of carbonyl (C=O) groups excluding carboxylic acids is 1. The van der Waals surface area contributed by atoms with Crippen molar-refractivity contribution in [3.05, 3.63) is 106 Å². The van der Waals surface area contributed by atoms with Crippen molar-refractivity contribution >= 4 is 17.9 Å². The lowest BCUT2D eigenvalue weighted by Gasteiger charge is -2.07. The van der Waals surface area contributed by atoms with Gasteiger partial charge in [0.05, 0.1) is 16.9 Å². The zero-order chi connectivity index (χ0) is 21.8. The second-order valence-electron chi connectivity index (χ2n) is 6.84. The molecule has 154 valence electrons. The lowest BCUT2D eigenvalue weighted by molar-refractivity contribution is 0.0734. The summed E-state index contributed by atoms with van der Waals surface area (Å²) in [5.41, 5.74) is 2.49. The van der Waals surface area contributed by atoms with Gasteiger partial charge in [0.2, 0.25) is 0 Å². The van der Waals surface area contributed by atoms with Gasteiger partial charge in [0.1, 0.15) is 5.75 Å². The van der Waals surface area contributed by atoms with Crippen LogP contribution in [0.15, 0.2) is 88.9 Å². The maximum atomic E-state index is 13.0. The monoisotopic (exact) mass is 412 g/mol. The highest BCUT2D eigenvalue weighted by Gasteiger charge is 2.16. The number of pyridine rings is 1. The minimum atomic E-state index is -0.517. The first kappa shape index (κ1) is 20.0. The molecule has 0 radical (unpaired) electrons. The van der Waals surface area contributed by atoms with Gasteiger partial charge in [-0.3, -0.25) is 14.5 Å². The van der Waals surface area contributed by atoms with E-state index in [0.29, 0.717) is 22.6 Å². The molecule has 0 fully saturated rings. The predicted octanol–water partition coefficient (Wildman–Crippen LogP) is 3.85. The summed E-state index contributed by atoms with van der Waals surface area (Å²) in [5.74, 6) is -0.173. The van der Waals surface area contributed by atoms with Crippen LogP contribution in [0.5, 0.6) is 5.75 Å². The van der Waals surface area contributed by atoms with E-state index < -0.39 is 5.97 Å². The van der Waals surface area contributed by atoms with Gasteiger partial charge in [-0.1, -0.05) is 30.3 Å². The van der Waals surface area contributed by atoms with Crippen LogP contribution in [0.25, 0.3) is 5.69 Å². The van der Waals surface area contributed by atoms with Crippen LogP contribution in [-0.2, 0) is 7.05 Å². The maximum absolute atomic E-state index is 13.0. The van der Waals surface area contributed by atoms with Crippen molar-refractivity contribution in [2.24, 2.45) is 12.0 Å². The Labute approximate surface area is 178 Å². The van der Waals surface area contributed by atoms with Crippen molar-refractivity contribution in [3.63, 3.8) is 0 Å². The number of para-hydroxylation sites is 2. The van der Waals surface area contributed by atoms with Crippen molar-refractivity contribution in [3.8, 4) is 11.4 Å².